The molecular weight excluding hydrogens is 166 g/mol. The van der Waals surface area contributed by atoms with Gasteiger partial charge in [-0.15, -0.1) is 0 Å². The first-order valence-electron chi connectivity index (χ1n) is 4.14. The molecule has 0 aromatic heterocycles. The Morgan fingerprint density at radius 2 is 2.00 bits per heavy atom. The van der Waals surface area contributed by atoms with Crippen LogP contribution in [-0.4, -0.2) is 13.8 Å². The molecular formula is C9H15N3O. The molecule has 0 saturated heterocycles. The van der Waals surface area contributed by atoms with E-state index in [9.17, 15) is 0 Å². The molecule has 0 aliphatic rings. The van der Waals surface area contributed by atoms with Crippen LogP contribution in [0.15, 0.2) is 24.3 Å². The van der Waals surface area contributed by atoms with Crippen LogP contribution < -0.4 is 21.3 Å². The highest BCUT2D eigenvalue weighted by Crippen LogP contribution is 2.10. The normalized spacial score (nSPS) is 10.0. The highest BCUT2D eigenvalue weighted by molar-refractivity contribution is 5.26. The van der Waals surface area contributed by atoms with Crippen LogP contribution in [-0.2, 0) is 6.54 Å². The number of ether oxygens (including phenoxy) is 1. The first kappa shape index (κ1) is 9.98. The molecule has 72 valence electrons. The van der Waals surface area contributed by atoms with E-state index in [1.54, 1.807) is 7.11 Å². The molecule has 0 atom stereocenters. The van der Waals surface area contributed by atoms with E-state index in [1.807, 2.05) is 24.3 Å². The first-order chi connectivity index (χ1) is 6.36. The van der Waals surface area contributed by atoms with Crippen LogP contribution in [0.2, 0.25) is 0 Å². The topological polar surface area (TPSA) is 59.3 Å². The second-order valence-corrected chi connectivity index (χ2v) is 2.66. The molecule has 0 unspecified atom stereocenters. The molecule has 0 radical (unpaired) electrons. The third-order valence-electron chi connectivity index (χ3n) is 1.72. The molecule has 0 spiro atoms. The van der Waals surface area contributed by atoms with Gasteiger partial charge >= 0.3 is 0 Å². The van der Waals surface area contributed by atoms with Crippen molar-refractivity contribution in [1.29, 1.82) is 0 Å². The van der Waals surface area contributed by atoms with Gasteiger partial charge in [0.2, 0.25) is 0 Å². The molecule has 0 heterocycles. The number of rotatable bonds is 5. The van der Waals surface area contributed by atoms with Gasteiger partial charge in [0.1, 0.15) is 5.75 Å². The Morgan fingerprint density at radius 1 is 1.31 bits per heavy atom. The smallest absolute Gasteiger partial charge is 0.118 e. The standard InChI is InChI=1S/C9H15N3O/c1-13-9-4-2-8(3-5-9)6-11-7-12-10/h2-5,11-12H,6-7,10H2,1H3. The molecule has 4 N–H and O–H groups in total. The summed E-state index contributed by atoms with van der Waals surface area (Å²) in [5.74, 6) is 5.98. The summed E-state index contributed by atoms with van der Waals surface area (Å²) < 4.78 is 5.04. The largest absolute Gasteiger partial charge is 0.497 e. The Balaban J connectivity index is 2.40. The lowest BCUT2D eigenvalue weighted by atomic mass is 10.2. The van der Waals surface area contributed by atoms with Gasteiger partial charge in [-0.1, -0.05) is 12.1 Å². The fraction of sp³-hybridized carbons (Fsp3) is 0.333. The van der Waals surface area contributed by atoms with E-state index in [0.717, 1.165) is 12.3 Å². The number of hydrazine groups is 1. The Hall–Kier alpha value is -1.10. The summed E-state index contributed by atoms with van der Waals surface area (Å²) in [5, 5.41) is 3.11. The van der Waals surface area contributed by atoms with Crippen LogP contribution in [0.1, 0.15) is 5.56 Å². The lowest BCUT2D eigenvalue weighted by Crippen LogP contribution is -2.33. The summed E-state index contributed by atoms with van der Waals surface area (Å²) in [7, 11) is 1.66. The molecule has 1 aromatic carbocycles. The number of nitrogens with one attached hydrogen (secondary N) is 2. The monoisotopic (exact) mass is 181 g/mol. The van der Waals surface area contributed by atoms with Gasteiger partial charge in [-0.25, -0.2) is 5.43 Å². The number of benzene rings is 1. The van der Waals surface area contributed by atoms with Crippen LogP contribution in [0.3, 0.4) is 0 Å². The van der Waals surface area contributed by atoms with Gasteiger partial charge < -0.3 is 4.74 Å². The van der Waals surface area contributed by atoms with Gasteiger partial charge in [0.05, 0.1) is 13.8 Å². The van der Waals surface area contributed by atoms with Crippen molar-refractivity contribution < 1.29 is 4.74 Å². The van der Waals surface area contributed by atoms with Crippen molar-refractivity contribution >= 4 is 0 Å². The highest BCUT2D eigenvalue weighted by Gasteiger charge is 1.92. The van der Waals surface area contributed by atoms with Crippen LogP contribution >= 0.6 is 0 Å². The van der Waals surface area contributed by atoms with Crippen LogP contribution in [0.5, 0.6) is 5.75 Å². The average Bonchev–Trinajstić information content (AvgIpc) is 2.19. The second-order valence-electron chi connectivity index (χ2n) is 2.66. The van der Waals surface area contributed by atoms with E-state index in [0.29, 0.717) is 6.67 Å². The molecule has 0 aliphatic heterocycles. The molecule has 0 fully saturated rings. The van der Waals surface area contributed by atoms with Gasteiger partial charge in [0.15, 0.2) is 0 Å². The predicted octanol–water partition coefficient (Wildman–Crippen LogP) is 0.206. The lowest BCUT2D eigenvalue weighted by molar-refractivity contribution is 0.414. The van der Waals surface area contributed by atoms with Crippen molar-refractivity contribution in [3.05, 3.63) is 29.8 Å². The maximum Gasteiger partial charge on any atom is 0.118 e. The molecule has 4 heteroatoms. The Morgan fingerprint density at radius 3 is 2.54 bits per heavy atom. The van der Waals surface area contributed by atoms with E-state index in [4.69, 9.17) is 10.6 Å². The number of methoxy groups -OCH3 is 1. The van der Waals surface area contributed by atoms with Gasteiger partial charge in [-0.05, 0) is 17.7 Å². The first-order valence-corrected chi connectivity index (χ1v) is 4.14. The molecule has 13 heavy (non-hydrogen) atoms. The fourth-order valence-corrected chi connectivity index (χ4v) is 1.02. The van der Waals surface area contributed by atoms with Crippen LogP contribution in [0.25, 0.3) is 0 Å². The van der Waals surface area contributed by atoms with E-state index in [1.165, 1.54) is 5.56 Å². The third kappa shape index (κ3) is 3.42. The van der Waals surface area contributed by atoms with Crippen LogP contribution in [0, 0.1) is 0 Å². The van der Waals surface area contributed by atoms with Gasteiger partial charge in [0.25, 0.3) is 0 Å². The summed E-state index contributed by atoms with van der Waals surface area (Å²) in [5.41, 5.74) is 3.73. The van der Waals surface area contributed by atoms with Crippen molar-refractivity contribution in [2.45, 2.75) is 6.54 Å². The Bertz CT molecular complexity index is 235. The van der Waals surface area contributed by atoms with E-state index in [-0.39, 0.29) is 0 Å². The minimum absolute atomic E-state index is 0.603. The maximum absolute atomic E-state index is 5.11. The predicted molar refractivity (Wildman–Crippen MR) is 52.0 cm³/mol. The third-order valence-corrected chi connectivity index (χ3v) is 1.72. The molecule has 0 bridgehead atoms. The summed E-state index contributed by atoms with van der Waals surface area (Å²) in [6, 6.07) is 7.91. The maximum atomic E-state index is 5.11. The summed E-state index contributed by atoms with van der Waals surface area (Å²) in [6.07, 6.45) is 0. The average molecular weight is 181 g/mol. The van der Waals surface area contributed by atoms with Crippen molar-refractivity contribution in [2.75, 3.05) is 13.8 Å². The zero-order valence-electron chi connectivity index (χ0n) is 7.71. The lowest BCUT2D eigenvalue weighted by Gasteiger charge is -2.04. The minimum Gasteiger partial charge on any atom is -0.497 e. The quantitative estimate of drug-likeness (QED) is 0.263. The second kappa shape index (κ2) is 5.53. The molecule has 1 rings (SSSR count). The van der Waals surface area contributed by atoms with Crippen molar-refractivity contribution in [3.8, 4) is 5.75 Å². The minimum atomic E-state index is 0.603. The number of nitrogens with two attached hydrogens (primary N) is 1. The molecule has 0 amide bonds. The highest BCUT2D eigenvalue weighted by atomic mass is 16.5. The fourth-order valence-electron chi connectivity index (χ4n) is 1.02. The van der Waals surface area contributed by atoms with E-state index < -0.39 is 0 Å². The Kier molecular flexibility index (Phi) is 4.25. The molecule has 0 saturated carbocycles. The van der Waals surface area contributed by atoms with Crippen molar-refractivity contribution in [3.63, 3.8) is 0 Å². The molecule has 4 nitrogen and oxygen atoms in total. The number of hydrogen-bond donors (Lipinski definition) is 3. The SMILES string of the molecule is COc1ccc(CNCNN)cc1. The van der Waals surface area contributed by atoms with E-state index in [2.05, 4.69) is 10.7 Å². The van der Waals surface area contributed by atoms with E-state index >= 15 is 0 Å². The Labute approximate surface area is 78.0 Å². The summed E-state index contributed by atoms with van der Waals surface area (Å²) in [4.78, 5) is 0. The summed E-state index contributed by atoms with van der Waals surface area (Å²) >= 11 is 0. The molecule has 0 aliphatic carbocycles. The zero-order chi connectivity index (χ0) is 9.52. The van der Waals surface area contributed by atoms with Gasteiger partial charge in [0, 0.05) is 6.54 Å². The van der Waals surface area contributed by atoms with Gasteiger partial charge in [-0.3, -0.25) is 11.2 Å². The van der Waals surface area contributed by atoms with Crippen molar-refractivity contribution in [2.24, 2.45) is 5.84 Å². The zero-order valence-corrected chi connectivity index (χ0v) is 7.71. The number of hydrogen-bond acceptors (Lipinski definition) is 4. The van der Waals surface area contributed by atoms with Crippen molar-refractivity contribution in [1.82, 2.24) is 10.7 Å². The van der Waals surface area contributed by atoms with Crippen LogP contribution in [0.4, 0.5) is 0 Å². The van der Waals surface area contributed by atoms with Gasteiger partial charge in [-0.2, -0.15) is 0 Å². The molecule has 1 aromatic rings. The summed E-state index contributed by atoms with van der Waals surface area (Å²) in [6.45, 7) is 1.40.